The van der Waals surface area contributed by atoms with E-state index in [1.807, 2.05) is 30.3 Å². The second-order valence-electron chi connectivity index (χ2n) is 5.57. The third-order valence-corrected chi connectivity index (χ3v) is 4.07. The number of nitrogens with zero attached hydrogens (tertiary/aromatic N) is 2. The summed E-state index contributed by atoms with van der Waals surface area (Å²) in [5, 5.41) is 9.33. The van der Waals surface area contributed by atoms with Gasteiger partial charge < -0.3 is 5.11 Å². The van der Waals surface area contributed by atoms with Crippen molar-refractivity contribution in [3.05, 3.63) is 80.5 Å². The quantitative estimate of drug-likeness (QED) is 0.791. The highest BCUT2D eigenvalue weighted by Gasteiger charge is 2.13. The van der Waals surface area contributed by atoms with Gasteiger partial charge in [-0.2, -0.15) is 0 Å². The second-order valence-corrected chi connectivity index (χ2v) is 5.57. The Labute approximate surface area is 137 Å². The molecule has 24 heavy (non-hydrogen) atoms. The molecule has 0 saturated carbocycles. The third kappa shape index (κ3) is 2.74. The first-order chi connectivity index (χ1) is 11.5. The van der Waals surface area contributed by atoms with Gasteiger partial charge in [-0.1, -0.05) is 30.3 Å². The number of carboxylic acid groups (broad SMARTS) is 1. The van der Waals surface area contributed by atoms with Crippen LogP contribution in [0.5, 0.6) is 0 Å². The molecular formula is C18H16N2O4. The Kier molecular flexibility index (Phi) is 4.04. The van der Waals surface area contributed by atoms with Crippen LogP contribution in [0.3, 0.4) is 0 Å². The Balaban J connectivity index is 2.12. The van der Waals surface area contributed by atoms with Crippen molar-refractivity contribution < 1.29 is 9.90 Å². The molecule has 0 fully saturated rings. The van der Waals surface area contributed by atoms with E-state index in [2.05, 4.69) is 0 Å². The van der Waals surface area contributed by atoms with Crippen LogP contribution in [0.1, 0.15) is 15.9 Å². The maximum Gasteiger partial charge on any atom is 0.335 e. The Morgan fingerprint density at radius 2 is 1.79 bits per heavy atom. The minimum absolute atomic E-state index is 0.0212. The molecule has 0 amide bonds. The smallest absolute Gasteiger partial charge is 0.335 e. The number of benzene rings is 2. The molecule has 0 aliphatic rings. The third-order valence-electron chi connectivity index (χ3n) is 4.07. The number of aromatic nitrogens is 2. The summed E-state index contributed by atoms with van der Waals surface area (Å²) in [6.07, 6.45) is 0.542. The molecule has 0 bridgehead atoms. The molecule has 1 N–H and O–H groups in total. The number of fused-ring (bicyclic) bond motifs is 1. The molecule has 122 valence electrons. The summed E-state index contributed by atoms with van der Waals surface area (Å²) in [6.45, 7) is 0.239. The van der Waals surface area contributed by atoms with E-state index in [1.165, 1.54) is 22.8 Å². The minimum atomic E-state index is -1.11. The summed E-state index contributed by atoms with van der Waals surface area (Å²) in [6, 6.07) is 13.8. The molecule has 0 aliphatic carbocycles. The molecule has 0 aliphatic heterocycles. The van der Waals surface area contributed by atoms with E-state index in [0.717, 1.165) is 10.1 Å². The molecule has 0 saturated heterocycles. The van der Waals surface area contributed by atoms with Crippen molar-refractivity contribution in [3.63, 3.8) is 0 Å². The maximum atomic E-state index is 12.7. The molecular weight excluding hydrogens is 308 g/mol. The van der Waals surface area contributed by atoms with Crippen LogP contribution in [0.4, 0.5) is 0 Å². The van der Waals surface area contributed by atoms with Crippen LogP contribution in [-0.4, -0.2) is 20.2 Å². The van der Waals surface area contributed by atoms with Crippen molar-refractivity contribution >= 4 is 16.9 Å². The highest BCUT2D eigenvalue weighted by Crippen LogP contribution is 2.11. The van der Waals surface area contributed by atoms with Gasteiger partial charge in [0.25, 0.3) is 5.56 Å². The van der Waals surface area contributed by atoms with Gasteiger partial charge in [-0.05, 0) is 30.2 Å². The zero-order valence-corrected chi connectivity index (χ0v) is 13.1. The Bertz CT molecular complexity index is 1030. The molecule has 3 rings (SSSR count). The van der Waals surface area contributed by atoms with Crippen molar-refractivity contribution in [1.82, 2.24) is 9.13 Å². The van der Waals surface area contributed by atoms with Gasteiger partial charge >= 0.3 is 11.7 Å². The Morgan fingerprint density at radius 3 is 2.46 bits per heavy atom. The molecule has 0 unspecified atom stereocenters. The van der Waals surface area contributed by atoms with Crippen LogP contribution in [0.2, 0.25) is 0 Å². The van der Waals surface area contributed by atoms with Crippen LogP contribution in [0.25, 0.3) is 10.9 Å². The van der Waals surface area contributed by atoms with Crippen molar-refractivity contribution in [3.8, 4) is 0 Å². The van der Waals surface area contributed by atoms with Crippen LogP contribution in [-0.2, 0) is 20.0 Å². The van der Waals surface area contributed by atoms with E-state index in [4.69, 9.17) is 5.11 Å². The number of hydrogen-bond donors (Lipinski definition) is 1. The van der Waals surface area contributed by atoms with Gasteiger partial charge in [-0.25, -0.2) is 9.59 Å². The lowest BCUT2D eigenvalue weighted by molar-refractivity contribution is 0.0697. The maximum absolute atomic E-state index is 12.7. The normalized spacial score (nSPS) is 10.9. The van der Waals surface area contributed by atoms with E-state index >= 15 is 0 Å². The van der Waals surface area contributed by atoms with Gasteiger partial charge in [-0.15, -0.1) is 0 Å². The lowest BCUT2D eigenvalue weighted by atomic mass is 10.1. The van der Waals surface area contributed by atoms with Gasteiger partial charge in [0.15, 0.2) is 0 Å². The summed E-state index contributed by atoms with van der Waals surface area (Å²) in [5.74, 6) is -1.11. The van der Waals surface area contributed by atoms with Crippen molar-refractivity contribution in [2.75, 3.05) is 0 Å². The first-order valence-corrected chi connectivity index (χ1v) is 7.50. The van der Waals surface area contributed by atoms with E-state index in [0.29, 0.717) is 11.9 Å². The van der Waals surface area contributed by atoms with Gasteiger partial charge in [0, 0.05) is 13.6 Å². The summed E-state index contributed by atoms with van der Waals surface area (Å²) < 4.78 is 2.52. The number of aryl methyl sites for hydroxylation is 2. The zero-order chi connectivity index (χ0) is 17.3. The van der Waals surface area contributed by atoms with Crippen molar-refractivity contribution in [2.45, 2.75) is 13.0 Å². The number of carboxylic acids is 1. The van der Waals surface area contributed by atoms with Gasteiger partial charge in [0.05, 0.1) is 16.5 Å². The monoisotopic (exact) mass is 324 g/mol. The molecule has 6 heteroatoms. The SMILES string of the molecule is Cn1c(=O)n(CCc2ccccc2)c(=O)c2cc(C(=O)O)ccc21. The van der Waals surface area contributed by atoms with E-state index in [-0.39, 0.29) is 17.5 Å². The van der Waals surface area contributed by atoms with Crippen LogP contribution >= 0.6 is 0 Å². The van der Waals surface area contributed by atoms with Crippen LogP contribution in [0.15, 0.2) is 58.1 Å². The molecule has 0 spiro atoms. The summed E-state index contributed by atoms with van der Waals surface area (Å²) in [4.78, 5) is 36.2. The first-order valence-electron chi connectivity index (χ1n) is 7.50. The average molecular weight is 324 g/mol. The molecule has 1 heterocycles. The van der Waals surface area contributed by atoms with E-state index < -0.39 is 17.2 Å². The average Bonchev–Trinajstić information content (AvgIpc) is 2.60. The number of hydrogen-bond acceptors (Lipinski definition) is 3. The van der Waals surface area contributed by atoms with Crippen LogP contribution in [0, 0.1) is 0 Å². The number of rotatable bonds is 4. The summed E-state index contributed by atoms with van der Waals surface area (Å²) in [5.41, 5.74) is 0.586. The fourth-order valence-corrected chi connectivity index (χ4v) is 2.73. The van der Waals surface area contributed by atoms with Gasteiger partial charge in [0.2, 0.25) is 0 Å². The molecule has 3 aromatic rings. The van der Waals surface area contributed by atoms with Gasteiger partial charge in [0.1, 0.15) is 0 Å². The summed E-state index contributed by atoms with van der Waals surface area (Å²) in [7, 11) is 1.57. The highest BCUT2D eigenvalue weighted by molar-refractivity contribution is 5.93. The standard InChI is InChI=1S/C18H16N2O4/c1-19-15-8-7-13(17(22)23)11-14(15)16(21)20(18(19)24)10-9-12-5-3-2-4-6-12/h2-8,11H,9-10H2,1H3,(H,22,23). The first kappa shape index (κ1) is 15.7. The van der Waals surface area contributed by atoms with Gasteiger partial charge in [-0.3, -0.25) is 13.9 Å². The predicted octanol–water partition coefficient (Wildman–Crippen LogP) is 1.64. The predicted molar refractivity (Wildman–Crippen MR) is 90.6 cm³/mol. The van der Waals surface area contributed by atoms with Crippen molar-refractivity contribution in [1.29, 1.82) is 0 Å². The van der Waals surface area contributed by atoms with E-state index in [9.17, 15) is 14.4 Å². The largest absolute Gasteiger partial charge is 0.478 e. The highest BCUT2D eigenvalue weighted by atomic mass is 16.4. The fourth-order valence-electron chi connectivity index (χ4n) is 2.73. The van der Waals surface area contributed by atoms with Crippen LogP contribution < -0.4 is 11.2 Å². The summed E-state index contributed by atoms with van der Waals surface area (Å²) >= 11 is 0. The zero-order valence-electron chi connectivity index (χ0n) is 13.1. The minimum Gasteiger partial charge on any atom is -0.478 e. The molecule has 6 nitrogen and oxygen atoms in total. The molecule has 2 aromatic carbocycles. The number of carbonyl (C=O) groups is 1. The fraction of sp³-hybridized carbons (Fsp3) is 0.167. The molecule has 0 atom stereocenters. The molecule has 1 aromatic heterocycles. The second kappa shape index (κ2) is 6.16. The molecule has 0 radical (unpaired) electrons. The Morgan fingerprint density at radius 1 is 1.08 bits per heavy atom. The topological polar surface area (TPSA) is 81.3 Å². The lowest BCUT2D eigenvalue weighted by Crippen LogP contribution is -2.39. The lowest BCUT2D eigenvalue weighted by Gasteiger charge is -2.11. The number of aromatic carboxylic acids is 1. The van der Waals surface area contributed by atoms with E-state index in [1.54, 1.807) is 7.05 Å². The van der Waals surface area contributed by atoms with Crippen molar-refractivity contribution in [2.24, 2.45) is 7.05 Å². The Hall–Kier alpha value is -3.15.